The third kappa shape index (κ3) is 5.62. The van der Waals surface area contributed by atoms with Crippen molar-refractivity contribution in [1.29, 1.82) is 0 Å². The first-order valence-electron chi connectivity index (χ1n) is 13.4. The van der Waals surface area contributed by atoms with Gasteiger partial charge < -0.3 is 24.8 Å². The first-order valence-corrected chi connectivity index (χ1v) is 13.4. The third-order valence-corrected chi connectivity index (χ3v) is 7.98. The molecule has 0 bridgehead atoms. The number of likely N-dealkylation sites (tertiary alicyclic amines) is 1. The van der Waals surface area contributed by atoms with Gasteiger partial charge in [0.05, 0.1) is 20.3 Å². The van der Waals surface area contributed by atoms with Crippen LogP contribution in [-0.2, 0) is 16.1 Å². The van der Waals surface area contributed by atoms with E-state index in [0.29, 0.717) is 12.4 Å². The summed E-state index contributed by atoms with van der Waals surface area (Å²) in [6, 6.07) is 8.26. The van der Waals surface area contributed by atoms with Crippen LogP contribution in [0.4, 0.5) is 0 Å². The van der Waals surface area contributed by atoms with E-state index in [-0.39, 0.29) is 29.8 Å². The first-order chi connectivity index (χ1) is 18.2. The zero-order valence-corrected chi connectivity index (χ0v) is 23.0. The molecule has 2 heterocycles. The topological polar surface area (TPSA) is 114 Å². The maximum Gasteiger partial charge on any atom is 0.326 e. The number of methoxy groups -OCH3 is 2. The number of carboxylic acids is 1. The number of hydrogen-bond acceptors (Lipinski definition) is 7. The van der Waals surface area contributed by atoms with Gasteiger partial charge in [-0.15, -0.1) is 0 Å². The molecule has 0 spiro atoms. The maximum atomic E-state index is 14.1. The monoisotopic (exact) mass is 524 g/mol. The molecule has 2 aromatic rings. The molecular formula is C29H40N4O5. The van der Waals surface area contributed by atoms with Crippen LogP contribution in [0.15, 0.2) is 36.5 Å². The summed E-state index contributed by atoms with van der Waals surface area (Å²) >= 11 is 0. The van der Waals surface area contributed by atoms with Gasteiger partial charge in [0.15, 0.2) is 0 Å². The van der Waals surface area contributed by atoms with Crippen molar-refractivity contribution in [2.45, 2.75) is 77.5 Å². The summed E-state index contributed by atoms with van der Waals surface area (Å²) in [5.74, 6) is -1.13. The van der Waals surface area contributed by atoms with Gasteiger partial charge in [-0.1, -0.05) is 70.4 Å². The highest BCUT2D eigenvalue weighted by Crippen LogP contribution is 2.49. The summed E-state index contributed by atoms with van der Waals surface area (Å²) in [6.07, 6.45) is 6.38. The molecule has 9 heteroatoms. The molecule has 0 radical (unpaired) electrons. The fourth-order valence-electron chi connectivity index (χ4n) is 6.29. The zero-order chi connectivity index (χ0) is 27.4. The molecular weight excluding hydrogens is 484 g/mol. The van der Waals surface area contributed by atoms with Gasteiger partial charge in [0, 0.05) is 36.2 Å². The highest BCUT2D eigenvalue weighted by Gasteiger charge is 2.58. The van der Waals surface area contributed by atoms with Crippen molar-refractivity contribution in [3.05, 3.63) is 47.7 Å². The standard InChI is InChI=1S/C29H40N4O5/c1-29(2,3)21-22(30-16-20-17-31-28(38-5)32-25(20)37-4)23(18-12-8-6-9-13-18)33(24(21)27(35)36)26(34)19-14-10-7-11-15-19/h6,8-9,12-13,17,19,21-24,30H,7,10-11,14-16H2,1-5H3,(H,35,36)/t21-,22-,23-,24-/m1/s1. The number of aliphatic carboxylic acids is 1. The molecule has 38 heavy (non-hydrogen) atoms. The molecule has 2 fully saturated rings. The van der Waals surface area contributed by atoms with E-state index in [1.165, 1.54) is 14.2 Å². The Labute approximate surface area is 225 Å². The summed E-state index contributed by atoms with van der Waals surface area (Å²) in [7, 11) is 3.03. The number of carbonyl (C=O) groups is 2. The summed E-state index contributed by atoms with van der Waals surface area (Å²) in [4.78, 5) is 37.3. The van der Waals surface area contributed by atoms with E-state index >= 15 is 0 Å². The fraction of sp³-hybridized carbons (Fsp3) is 0.586. The minimum absolute atomic E-state index is 0.0464. The number of amides is 1. The molecule has 4 rings (SSSR count). The molecule has 2 N–H and O–H groups in total. The fourth-order valence-corrected chi connectivity index (χ4v) is 6.29. The van der Waals surface area contributed by atoms with E-state index in [0.717, 1.165) is 43.2 Å². The van der Waals surface area contributed by atoms with Crippen LogP contribution in [0.1, 0.15) is 70.0 Å². The number of hydrogen-bond donors (Lipinski definition) is 2. The molecule has 4 atom stereocenters. The van der Waals surface area contributed by atoms with Gasteiger partial charge in [0.2, 0.25) is 11.8 Å². The quantitative estimate of drug-likeness (QED) is 0.527. The van der Waals surface area contributed by atoms with Crippen molar-refractivity contribution >= 4 is 11.9 Å². The molecule has 1 aliphatic carbocycles. The van der Waals surface area contributed by atoms with Crippen LogP contribution in [0, 0.1) is 17.3 Å². The number of benzene rings is 1. The van der Waals surface area contributed by atoms with Gasteiger partial charge in [-0.3, -0.25) is 4.79 Å². The van der Waals surface area contributed by atoms with Gasteiger partial charge in [-0.2, -0.15) is 4.98 Å². The molecule has 2 aliphatic rings. The Morgan fingerprint density at radius 2 is 1.76 bits per heavy atom. The SMILES string of the molecule is COc1ncc(CN[C@@H]2[C@@H](C(C)(C)C)[C@H](C(=O)O)N(C(=O)C3CCCCC3)[C@@H]2c2ccccc2)c(OC)n1. The van der Waals surface area contributed by atoms with E-state index in [4.69, 9.17) is 9.47 Å². The van der Waals surface area contributed by atoms with Gasteiger partial charge in [-0.25, -0.2) is 9.78 Å². The average Bonchev–Trinajstić information content (AvgIpc) is 3.28. The van der Waals surface area contributed by atoms with Crippen molar-refractivity contribution in [1.82, 2.24) is 20.2 Å². The Kier molecular flexibility index (Phi) is 8.55. The molecule has 1 saturated carbocycles. The largest absolute Gasteiger partial charge is 0.481 e. The number of aromatic nitrogens is 2. The molecule has 1 aliphatic heterocycles. The van der Waals surface area contributed by atoms with E-state index < -0.39 is 23.5 Å². The van der Waals surface area contributed by atoms with Gasteiger partial charge in [0.25, 0.3) is 0 Å². The van der Waals surface area contributed by atoms with Crippen molar-refractivity contribution < 1.29 is 24.2 Å². The van der Waals surface area contributed by atoms with Crippen LogP contribution in [0.2, 0.25) is 0 Å². The van der Waals surface area contributed by atoms with Crippen molar-refractivity contribution in [3.63, 3.8) is 0 Å². The Morgan fingerprint density at radius 1 is 1.08 bits per heavy atom. The second kappa shape index (κ2) is 11.7. The second-order valence-corrected chi connectivity index (χ2v) is 11.4. The van der Waals surface area contributed by atoms with E-state index in [9.17, 15) is 14.7 Å². The van der Waals surface area contributed by atoms with Crippen LogP contribution in [-0.4, -0.2) is 58.2 Å². The lowest BCUT2D eigenvalue weighted by atomic mass is 9.72. The number of carbonyl (C=O) groups excluding carboxylic acids is 1. The summed E-state index contributed by atoms with van der Waals surface area (Å²) in [5.41, 5.74) is 1.23. The Morgan fingerprint density at radius 3 is 2.34 bits per heavy atom. The van der Waals surface area contributed by atoms with Crippen LogP contribution < -0.4 is 14.8 Å². The minimum atomic E-state index is -0.968. The van der Waals surface area contributed by atoms with Crippen LogP contribution in [0.3, 0.4) is 0 Å². The Bertz CT molecular complexity index is 1110. The van der Waals surface area contributed by atoms with Gasteiger partial charge in [0.1, 0.15) is 6.04 Å². The van der Waals surface area contributed by atoms with Crippen molar-refractivity contribution in [2.24, 2.45) is 17.3 Å². The molecule has 1 aromatic carbocycles. The minimum Gasteiger partial charge on any atom is -0.481 e. The maximum absolute atomic E-state index is 14.1. The van der Waals surface area contributed by atoms with Crippen molar-refractivity contribution in [3.8, 4) is 11.9 Å². The average molecular weight is 525 g/mol. The molecule has 0 unspecified atom stereocenters. The number of ether oxygens (including phenoxy) is 2. The highest BCUT2D eigenvalue weighted by atomic mass is 16.5. The molecule has 206 valence electrons. The second-order valence-electron chi connectivity index (χ2n) is 11.4. The van der Waals surface area contributed by atoms with Gasteiger partial charge in [-0.05, 0) is 23.8 Å². The normalized spacial score (nSPS) is 24.3. The Balaban J connectivity index is 1.78. The predicted molar refractivity (Wildman–Crippen MR) is 143 cm³/mol. The molecule has 1 saturated heterocycles. The van der Waals surface area contributed by atoms with E-state index in [1.807, 2.05) is 30.3 Å². The predicted octanol–water partition coefficient (Wildman–Crippen LogP) is 4.23. The number of carboxylic acid groups (broad SMARTS) is 1. The summed E-state index contributed by atoms with van der Waals surface area (Å²) in [6.45, 7) is 6.49. The van der Waals surface area contributed by atoms with E-state index in [2.05, 4.69) is 36.1 Å². The van der Waals surface area contributed by atoms with E-state index in [1.54, 1.807) is 11.1 Å². The lowest BCUT2D eigenvalue weighted by Gasteiger charge is -2.36. The molecule has 1 aromatic heterocycles. The third-order valence-electron chi connectivity index (χ3n) is 7.98. The smallest absolute Gasteiger partial charge is 0.326 e. The first kappa shape index (κ1) is 27.8. The lowest BCUT2D eigenvalue weighted by Crippen LogP contribution is -2.49. The van der Waals surface area contributed by atoms with Crippen LogP contribution in [0.25, 0.3) is 0 Å². The van der Waals surface area contributed by atoms with Gasteiger partial charge >= 0.3 is 12.0 Å². The number of nitrogens with one attached hydrogen (secondary N) is 1. The van der Waals surface area contributed by atoms with Crippen molar-refractivity contribution in [2.75, 3.05) is 14.2 Å². The Hall–Kier alpha value is -3.20. The number of nitrogens with zero attached hydrogens (tertiary/aromatic N) is 3. The zero-order valence-electron chi connectivity index (χ0n) is 23.0. The van der Waals surface area contributed by atoms with Crippen LogP contribution in [0.5, 0.6) is 11.9 Å². The molecule has 9 nitrogen and oxygen atoms in total. The summed E-state index contributed by atoms with van der Waals surface area (Å²) in [5, 5.41) is 14.2. The van der Waals surface area contributed by atoms with Crippen LogP contribution >= 0.6 is 0 Å². The lowest BCUT2D eigenvalue weighted by molar-refractivity contribution is -0.154. The summed E-state index contributed by atoms with van der Waals surface area (Å²) < 4.78 is 10.6. The molecule has 1 amide bonds. The highest BCUT2D eigenvalue weighted by molar-refractivity contribution is 5.87. The number of rotatable bonds is 8.